The van der Waals surface area contributed by atoms with E-state index in [4.69, 9.17) is 10.1 Å². The monoisotopic (exact) mass is 471 g/mol. The van der Waals surface area contributed by atoms with Gasteiger partial charge in [0.1, 0.15) is 11.5 Å². The Bertz CT molecular complexity index is 1670. The van der Waals surface area contributed by atoms with E-state index in [9.17, 15) is 10.1 Å². The van der Waals surface area contributed by atoms with Crippen molar-refractivity contribution < 1.29 is 4.92 Å². The number of benzene rings is 4. The van der Waals surface area contributed by atoms with Gasteiger partial charge in [0.15, 0.2) is 0 Å². The molecule has 0 unspecified atom stereocenters. The summed E-state index contributed by atoms with van der Waals surface area (Å²) >= 11 is 0. The third kappa shape index (κ3) is 3.92. The molecule has 36 heavy (non-hydrogen) atoms. The summed E-state index contributed by atoms with van der Waals surface area (Å²) in [5, 5.41) is 16.1. The van der Waals surface area contributed by atoms with Crippen molar-refractivity contribution in [2.24, 2.45) is 0 Å². The van der Waals surface area contributed by atoms with Crippen molar-refractivity contribution in [1.29, 1.82) is 0 Å². The summed E-state index contributed by atoms with van der Waals surface area (Å²) in [7, 11) is 0. The lowest BCUT2D eigenvalue weighted by atomic mass is 10.1. The fourth-order valence-electron chi connectivity index (χ4n) is 4.41. The Balaban J connectivity index is 1.57. The lowest BCUT2D eigenvalue weighted by Crippen LogP contribution is -2.02. The minimum atomic E-state index is -0.396. The minimum absolute atomic E-state index is 0.0408. The SMILES string of the molecule is O=[N+]([O-])c1ccc(-c2nn(-c3ccccc3)cc2-c2nc3ccccc3n2Cc2ccccc2)cc1. The summed E-state index contributed by atoms with van der Waals surface area (Å²) in [4.78, 5) is 15.8. The van der Waals surface area contributed by atoms with Crippen LogP contribution in [0.1, 0.15) is 5.56 Å². The van der Waals surface area contributed by atoms with Crippen LogP contribution in [-0.4, -0.2) is 24.3 Å². The van der Waals surface area contributed by atoms with Crippen LogP contribution in [0.5, 0.6) is 0 Å². The zero-order valence-corrected chi connectivity index (χ0v) is 19.2. The first kappa shape index (κ1) is 21.5. The Morgan fingerprint density at radius 3 is 2.17 bits per heavy atom. The molecule has 0 amide bonds. The van der Waals surface area contributed by atoms with Gasteiger partial charge in [0.25, 0.3) is 5.69 Å². The molecule has 4 aromatic carbocycles. The van der Waals surface area contributed by atoms with Gasteiger partial charge in [0.2, 0.25) is 0 Å². The van der Waals surface area contributed by atoms with Crippen molar-refractivity contribution in [2.45, 2.75) is 6.54 Å². The van der Waals surface area contributed by atoms with Crippen LogP contribution in [0.25, 0.3) is 39.4 Å². The van der Waals surface area contributed by atoms with Gasteiger partial charge in [-0.1, -0.05) is 60.7 Å². The first-order chi connectivity index (χ1) is 17.7. The van der Waals surface area contributed by atoms with Crippen LogP contribution >= 0.6 is 0 Å². The second-order valence-electron chi connectivity index (χ2n) is 8.47. The summed E-state index contributed by atoms with van der Waals surface area (Å²) in [6, 6.07) is 34.7. The van der Waals surface area contributed by atoms with Crippen molar-refractivity contribution in [3.63, 3.8) is 0 Å². The number of hydrogen-bond donors (Lipinski definition) is 0. The normalized spacial score (nSPS) is 11.1. The van der Waals surface area contributed by atoms with Crippen molar-refractivity contribution >= 4 is 16.7 Å². The molecule has 2 aromatic heterocycles. The zero-order chi connectivity index (χ0) is 24.5. The summed E-state index contributed by atoms with van der Waals surface area (Å²) in [5.41, 5.74) is 6.37. The number of rotatable bonds is 6. The summed E-state index contributed by atoms with van der Waals surface area (Å²) in [6.07, 6.45) is 1.98. The molecule has 0 aliphatic heterocycles. The second kappa shape index (κ2) is 8.96. The highest BCUT2D eigenvalue weighted by Crippen LogP contribution is 2.35. The van der Waals surface area contributed by atoms with Crippen LogP contribution in [0.2, 0.25) is 0 Å². The van der Waals surface area contributed by atoms with Crippen LogP contribution in [0.15, 0.2) is 115 Å². The maximum Gasteiger partial charge on any atom is 0.269 e. The van der Waals surface area contributed by atoms with Gasteiger partial charge in [-0.25, -0.2) is 9.67 Å². The molecule has 0 saturated carbocycles. The first-order valence-corrected chi connectivity index (χ1v) is 11.6. The molecule has 174 valence electrons. The van der Waals surface area contributed by atoms with Gasteiger partial charge in [-0.15, -0.1) is 0 Å². The first-order valence-electron chi connectivity index (χ1n) is 11.6. The molecular weight excluding hydrogens is 450 g/mol. The molecule has 0 N–H and O–H groups in total. The number of imidazole rings is 1. The fourth-order valence-corrected chi connectivity index (χ4v) is 4.41. The van der Waals surface area contributed by atoms with E-state index in [1.807, 2.05) is 77.6 Å². The van der Waals surface area contributed by atoms with Crippen molar-refractivity contribution in [3.05, 3.63) is 131 Å². The summed E-state index contributed by atoms with van der Waals surface area (Å²) in [6.45, 7) is 0.646. The van der Waals surface area contributed by atoms with E-state index in [0.717, 1.165) is 39.2 Å². The lowest BCUT2D eigenvalue weighted by Gasteiger charge is -2.10. The molecule has 7 nitrogen and oxygen atoms in total. The third-order valence-corrected chi connectivity index (χ3v) is 6.17. The molecule has 0 spiro atoms. The average Bonchev–Trinajstić information content (AvgIpc) is 3.52. The highest BCUT2D eigenvalue weighted by Gasteiger charge is 2.21. The largest absolute Gasteiger partial charge is 0.319 e. The topological polar surface area (TPSA) is 78.8 Å². The van der Waals surface area contributed by atoms with Gasteiger partial charge in [-0.05, 0) is 42.0 Å². The van der Waals surface area contributed by atoms with Crippen molar-refractivity contribution in [2.75, 3.05) is 0 Å². The van der Waals surface area contributed by atoms with Gasteiger partial charge in [0, 0.05) is 30.4 Å². The number of nitro benzene ring substituents is 1. The van der Waals surface area contributed by atoms with E-state index < -0.39 is 4.92 Å². The van der Waals surface area contributed by atoms with E-state index in [2.05, 4.69) is 22.8 Å². The lowest BCUT2D eigenvalue weighted by molar-refractivity contribution is -0.384. The Labute approximate surface area is 207 Å². The zero-order valence-electron chi connectivity index (χ0n) is 19.2. The van der Waals surface area contributed by atoms with Crippen molar-refractivity contribution in [1.82, 2.24) is 19.3 Å². The number of para-hydroxylation sites is 3. The Morgan fingerprint density at radius 1 is 0.778 bits per heavy atom. The van der Waals surface area contributed by atoms with E-state index in [0.29, 0.717) is 12.2 Å². The van der Waals surface area contributed by atoms with Gasteiger partial charge in [0.05, 0.1) is 27.2 Å². The minimum Gasteiger partial charge on any atom is -0.319 e. The van der Waals surface area contributed by atoms with E-state index in [1.165, 1.54) is 12.1 Å². The molecule has 0 bridgehead atoms. The molecule has 0 saturated heterocycles. The molecule has 0 aliphatic carbocycles. The van der Waals surface area contributed by atoms with Crippen LogP contribution in [0.4, 0.5) is 5.69 Å². The standard InChI is InChI=1S/C29H21N5O2/c35-34(36)24-17-15-22(16-18-24)28-25(20-33(31-28)23-11-5-2-6-12-23)29-30-26-13-7-8-14-27(26)32(29)19-21-9-3-1-4-10-21/h1-18,20H,19H2. The Kier molecular flexibility index (Phi) is 5.35. The molecule has 6 rings (SSSR count). The van der Waals surface area contributed by atoms with E-state index >= 15 is 0 Å². The molecule has 0 atom stereocenters. The maximum atomic E-state index is 11.2. The predicted molar refractivity (Wildman–Crippen MR) is 140 cm³/mol. The number of hydrogen-bond acceptors (Lipinski definition) is 4. The molecule has 0 aliphatic rings. The van der Waals surface area contributed by atoms with Gasteiger partial charge in [-0.3, -0.25) is 10.1 Å². The van der Waals surface area contributed by atoms with Crippen LogP contribution in [0, 0.1) is 10.1 Å². The molecule has 0 radical (unpaired) electrons. The van der Waals surface area contributed by atoms with Crippen LogP contribution < -0.4 is 0 Å². The van der Waals surface area contributed by atoms with E-state index in [-0.39, 0.29) is 5.69 Å². The number of nitro groups is 1. The van der Waals surface area contributed by atoms with Crippen LogP contribution in [0.3, 0.4) is 0 Å². The molecular formula is C29H21N5O2. The smallest absolute Gasteiger partial charge is 0.269 e. The van der Waals surface area contributed by atoms with Gasteiger partial charge >= 0.3 is 0 Å². The van der Waals surface area contributed by atoms with Gasteiger partial charge in [-0.2, -0.15) is 5.10 Å². The number of fused-ring (bicyclic) bond motifs is 1. The quantitative estimate of drug-likeness (QED) is 0.205. The highest BCUT2D eigenvalue weighted by atomic mass is 16.6. The molecule has 2 heterocycles. The average molecular weight is 472 g/mol. The van der Waals surface area contributed by atoms with E-state index in [1.54, 1.807) is 12.1 Å². The predicted octanol–water partition coefficient (Wildman–Crippen LogP) is 6.51. The Morgan fingerprint density at radius 2 is 1.44 bits per heavy atom. The highest BCUT2D eigenvalue weighted by molar-refractivity contribution is 5.85. The fraction of sp³-hybridized carbons (Fsp3) is 0.0345. The number of nitrogens with zero attached hydrogens (tertiary/aromatic N) is 5. The van der Waals surface area contributed by atoms with Crippen molar-refractivity contribution in [3.8, 4) is 28.3 Å². The summed E-state index contributed by atoms with van der Waals surface area (Å²) < 4.78 is 4.03. The van der Waals surface area contributed by atoms with Gasteiger partial charge < -0.3 is 4.57 Å². The molecule has 6 aromatic rings. The number of aromatic nitrogens is 4. The second-order valence-corrected chi connectivity index (χ2v) is 8.47. The number of non-ortho nitro benzene ring substituents is 1. The summed E-state index contributed by atoms with van der Waals surface area (Å²) in [5.74, 6) is 0.788. The maximum absolute atomic E-state index is 11.2. The van der Waals surface area contributed by atoms with Crippen LogP contribution in [-0.2, 0) is 6.54 Å². The third-order valence-electron chi connectivity index (χ3n) is 6.17. The molecule has 7 heteroatoms. The Hall–Kier alpha value is -5.04. The molecule has 0 fully saturated rings.